The van der Waals surface area contributed by atoms with Crippen LogP contribution in [-0.4, -0.2) is 12.8 Å². The fourth-order valence-corrected chi connectivity index (χ4v) is 1.69. The lowest BCUT2D eigenvalue weighted by atomic mass is 10.1. The quantitative estimate of drug-likeness (QED) is 0.450. The summed E-state index contributed by atoms with van der Waals surface area (Å²) in [6, 6.07) is 10.3. The van der Waals surface area contributed by atoms with E-state index in [0.717, 1.165) is 6.54 Å². The molecule has 1 aromatic rings. The molecule has 0 spiro atoms. The number of rotatable bonds is 8. The van der Waals surface area contributed by atoms with Crippen molar-refractivity contribution < 1.29 is 0 Å². The van der Waals surface area contributed by atoms with Crippen molar-refractivity contribution in [2.75, 3.05) is 6.54 Å². The average molecular weight is 217 g/mol. The van der Waals surface area contributed by atoms with Crippen molar-refractivity contribution in [3.05, 3.63) is 35.9 Å². The molecule has 1 rings (SSSR count). The summed E-state index contributed by atoms with van der Waals surface area (Å²) in [5.41, 5.74) is 1.20. The van der Waals surface area contributed by atoms with E-state index < -0.39 is 0 Å². The molecular weight excluding hydrogens is 194 g/mol. The smallest absolute Gasteiger partial charge is 0.0389 e. The van der Waals surface area contributed by atoms with Gasteiger partial charge in [-0.05, 0) is 12.0 Å². The molecule has 0 fully saturated rings. The number of nitrogens with zero attached hydrogens (tertiary/aromatic N) is 1. The lowest BCUT2D eigenvalue weighted by Crippen LogP contribution is -1.85. The van der Waals surface area contributed by atoms with Crippen LogP contribution in [0.4, 0.5) is 0 Å². The summed E-state index contributed by atoms with van der Waals surface area (Å²) in [6.45, 7) is 3.23. The highest BCUT2D eigenvalue weighted by Gasteiger charge is 1.88. The molecule has 0 aliphatic rings. The number of hydrogen-bond acceptors (Lipinski definition) is 1. The molecule has 0 aliphatic heterocycles. The number of aliphatic imine (C=N–C) groups is 1. The fraction of sp³-hybridized carbons (Fsp3) is 0.533. The molecule has 0 saturated heterocycles. The molecule has 0 aromatic heterocycles. The first-order valence-electron chi connectivity index (χ1n) is 6.48. The van der Waals surface area contributed by atoms with Gasteiger partial charge in [0.15, 0.2) is 0 Å². The van der Waals surface area contributed by atoms with Crippen molar-refractivity contribution >= 4 is 6.21 Å². The normalized spacial score (nSPS) is 11.1. The van der Waals surface area contributed by atoms with Crippen LogP contribution in [0.15, 0.2) is 35.3 Å². The third-order valence-electron chi connectivity index (χ3n) is 2.68. The van der Waals surface area contributed by atoms with Gasteiger partial charge >= 0.3 is 0 Å². The Bertz CT molecular complexity index is 277. The Morgan fingerprint density at radius 2 is 1.62 bits per heavy atom. The molecule has 0 radical (unpaired) electrons. The zero-order chi connectivity index (χ0) is 11.5. The minimum atomic E-state index is 0.973. The lowest BCUT2D eigenvalue weighted by molar-refractivity contribution is 0.612. The summed E-state index contributed by atoms with van der Waals surface area (Å²) < 4.78 is 0. The van der Waals surface area contributed by atoms with E-state index in [-0.39, 0.29) is 0 Å². The summed E-state index contributed by atoms with van der Waals surface area (Å²) in [4.78, 5) is 4.43. The molecule has 88 valence electrons. The van der Waals surface area contributed by atoms with E-state index >= 15 is 0 Å². The van der Waals surface area contributed by atoms with E-state index in [0.29, 0.717) is 0 Å². The van der Waals surface area contributed by atoms with Crippen molar-refractivity contribution in [2.45, 2.75) is 45.4 Å². The molecule has 0 atom stereocenters. The van der Waals surface area contributed by atoms with Gasteiger partial charge in [-0.25, -0.2) is 0 Å². The Morgan fingerprint density at radius 3 is 2.38 bits per heavy atom. The molecule has 0 saturated carbocycles. The second-order valence-electron chi connectivity index (χ2n) is 4.21. The minimum Gasteiger partial charge on any atom is -0.293 e. The van der Waals surface area contributed by atoms with E-state index in [1.165, 1.54) is 44.1 Å². The van der Waals surface area contributed by atoms with Crippen molar-refractivity contribution in [1.82, 2.24) is 0 Å². The third kappa shape index (κ3) is 6.39. The molecule has 1 heteroatoms. The van der Waals surface area contributed by atoms with E-state index in [1.807, 2.05) is 24.4 Å². The summed E-state index contributed by atoms with van der Waals surface area (Å²) in [6.07, 6.45) is 10.00. The second-order valence-corrected chi connectivity index (χ2v) is 4.21. The first kappa shape index (κ1) is 13.0. The predicted octanol–water partition coefficient (Wildman–Crippen LogP) is 4.47. The van der Waals surface area contributed by atoms with Crippen molar-refractivity contribution in [1.29, 1.82) is 0 Å². The van der Waals surface area contributed by atoms with Gasteiger partial charge in [-0.3, -0.25) is 4.99 Å². The van der Waals surface area contributed by atoms with Crippen molar-refractivity contribution in [3.8, 4) is 0 Å². The van der Waals surface area contributed by atoms with E-state index in [4.69, 9.17) is 0 Å². The monoisotopic (exact) mass is 217 g/mol. The maximum absolute atomic E-state index is 4.43. The van der Waals surface area contributed by atoms with E-state index in [1.54, 1.807) is 0 Å². The highest BCUT2D eigenvalue weighted by atomic mass is 14.7. The van der Waals surface area contributed by atoms with Crippen LogP contribution >= 0.6 is 0 Å². The zero-order valence-electron chi connectivity index (χ0n) is 10.4. The first-order chi connectivity index (χ1) is 7.93. The highest BCUT2D eigenvalue weighted by Crippen LogP contribution is 2.04. The Morgan fingerprint density at radius 1 is 0.938 bits per heavy atom. The van der Waals surface area contributed by atoms with Gasteiger partial charge in [0.25, 0.3) is 0 Å². The molecule has 0 unspecified atom stereocenters. The van der Waals surface area contributed by atoms with Crippen LogP contribution in [0.3, 0.4) is 0 Å². The highest BCUT2D eigenvalue weighted by molar-refractivity contribution is 5.79. The molecule has 0 aliphatic carbocycles. The first-order valence-corrected chi connectivity index (χ1v) is 6.48. The fourth-order valence-electron chi connectivity index (χ4n) is 1.69. The van der Waals surface area contributed by atoms with Crippen LogP contribution in [0, 0.1) is 0 Å². The summed E-state index contributed by atoms with van der Waals surface area (Å²) in [5, 5.41) is 0. The summed E-state index contributed by atoms with van der Waals surface area (Å²) in [7, 11) is 0. The predicted molar refractivity (Wildman–Crippen MR) is 72.3 cm³/mol. The maximum Gasteiger partial charge on any atom is 0.0389 e. The SMILES string of the molecule is CCCCCCCCN=Cc1ccccc1. The van der Waals surface area contributed by atoms with Crippen LogP contribution in [0.1, 0.15) is 51.0 Å². The molecule has 1 aromatic carbocycles. The summed E-state index contributed by atoms with van der Waals surface area (Å²) >= 11 is 0. The topological polar surface area (TPSA) is 12.4 Å². The van der Waals surface area contributed by atoms with Gasteiger partial charge in [0, 0.05) is 12.8 Å². The van der Waals surface area contributed by atoms with Gasteiger partial charge in [0.05, 0.1) is 0 Å². The Kier molecular flexibility index (Phi) is 7.40. The maximum atomic E-state index is 4.43. The largest absolute Gasteiger partial charge is 0.293 e. The van der Waals surface area contributed by atoms with Crippen LogP contribution in [-0.2, 0) is 0 Å². The van der Waals surface area contributed by atoms with Gasteiger partial charge in [-0.2, -0.15) is 0 Å². The lowest BCUT2D eigenvalue weighted by Gasteiger charge is -1.97. The standard InChI is InChI=1S/C15H23N/c1-2-3-4-5-6-10-13-16-14-15-11-8-7-9-12-15/h7-9,11-12,14H,2-6,10,13H2,1H3. The van der Waals surface area contributed by atoms with Crippen molar-refractivity contribution in [3.63, 3.8) is 0 Å². The second kappa shape index (κ2) is 9.14. The third-order valence-corrected chi connectivity index (χ3v) is 2.68. The van der Waals surface area contributed by atoms with Crippen LogP contribution in [0.5, 0.6) is 0 Å². The van der Waals surface area contributed by atoms with Gasteiger partial charge < -0.3 is 0 Å². The number of unbranched alkanes of at least 4 members (excludes halogenated alkanes) is 5. The molecule has 1 nitrogen and oxygen atoms in total. The Labute approximate surface area is 99.6 Å². The number of benzene rings is 1. The molecule has 16 heavy (non-hydrogen) atoms. The van der Waals surface area contributed by atoms with E-state index in [9.17, 15) is 0 Å². The Balaban J connectivity index is 2.01. The molecule has 0 N–H and O–H groups in total. The van der Waals surface area contributed by atoms with Gasteiger partial charge in [0.1, 0.15) is 0 Å². The average Bonchev–Trinajstić information content (AvgIpc) is 2.34. The van der Waals surface area contributed by atoms with Crippen LogP contribution < -0.4 is 0 Å². The Hall–Kier alpha value is -1.11. The van der Waals surface area contributed by atoms with Crippen molar-refractivity contribution in [2.24, 2.45) is 4.99 Å². The van der Waals surface area contributed by atoms with Gasteiger partial charge in [-0.15, -0.1) is 0 Å². The van der Waals surface area contributed by atoms with Gasteiger partial charge in [-0.1, -0.05) is 69.4 Å². The molecule has 0 amide bonds. The molecule has 0 bridgehead atoms. The minimum absolute atomic E-state index is 0.973. The summed E-state index contributed by atoms with van der Waals surface area (Å²) in [5.74, 6) is 0. The number of hydrogen-bond donors (Lipinski definition) is 0. The van der Waals surface area contributed by atoms with Gasteiger partial charge in [0.2, 0.25) is 0 Å². The van der Waals surface area contributed by atoms with E-state index in [2.05, 4.69) is 24.0 Å². The van der Waals surface area contributed by atoms with Crippen LogP contribution in [0.25, 0.3) is 0 Å². The van der Waals surface area contributed by atoms with Crippen LogP contribution in [0.2, 0.25) is 0 Å². The zero-order valence-corrected chi connectivity index (χ0v) is 10.4. The molecule has 0 heterocycles. The molecular formula is C15H23N.